The second-order valence-corrected chi connectivity index (χ2v) is 7.01. The predicted molar refractivity (Wildman–Crippen MR) is 98.9 cm³/mol. The molecule has 0 aliphatic carbocycles. The highest BCUT2D eigenvalue weighted by Gasteiger charge is 2.18. The number of rotatable bonds is 3. The van der Waals surface area contributed by atoms with Gasteiger partial charge in [0.05, 0.1) is 11.4 Å². The Hall–Kier alpha value is -1.76. The summed E-state index contributed by atoms with van der Waals surface area (Å²) in [5, 5.41) is 3.47. The average Bonchev–Trinajstić information content (AvgIpc) is 2.78. The average molecular weight is 386 g/mol. The van der Waals surface area contributed by atoms with Gasteiger partial charge in [-0.25, -0.2) is 4.98 Å². The van der Waals surface area contributed by atoms with Gasteiger partial charge < -0.3 is 9.72 Å². The molecule has 0 atom stereocenters. The van der Waals surface area contributed by atoms with Gasteiger partial charge >= 0.3 is 0 Å². The molecule has 0 amide bonds. The quantitative estimate of drug-likeness (QED) is 0.752. The number of pyridine rings is 2. The standard InChI is InChI=1S/C18H20BrN5/c19-15-2-3-17-22-18(14-4-7-21-8-5-14)16(24(17)12-15)13-23-10-1-6-20-9-11-23/h2-5,7-8,12,20H,1,6,9-11,13H2. The molecular weight excluding hydrogens is 366 g/mol. The van der Waals surface area contributed by atoms with Crippen LogP contribution < -0.4 is 5.32 Å². The Morgan fingerprint density at radius 1 is 1.08 bits per heavy atom. The highest BCUT2D eigenvalue weighted by atomic mass is 79.9. The number of halogens is 1. The number of hydrogen-bond acceptors (Lipinski definition) is 4. The number of aromatic nitrogens is 3. The van der Waals surface area contributed by atoms with Crippen molar-refractivity contribution in [1.82, 2.24) is 24.6 Å². The first-order valence-electron chi connectivity index (χ1n) is 8.31. The van der Waals surface area contributed by atoms with Gasteiger partial charge in [-0.2, -0.15) is 0 Å². The summed E-state index contributed by atoms with van der Waals surface area (Å²) in [6.45, 7) is 5.23. The molecule has 1 aliphatic heterocycles. The first-order chi connectivity index (χ1) is 11.8. The maximum absolute atomic E-state index is 4.89. The fourth-order valence-electron chi connectivity index (χ4n) is 3.23. The van der Waals surface area contributed by atoms with Gasteiger partial charge in [0, 0.05) is 48.3 Å². The summed E-state index contributed by atoms with van der Waals surface area (Å²) in [5.74, 6) is 0. The van der Waals surface area contributed by atoms with Crippen molar-refractivity contribution in [3.63, 3.8) is 0 Å². The number of hydrogen-bond donors (Lipinski definition) is 1. The van der Waals surface area contributed by atoms with Crippen molar-refractivity contribution < 1.29 is 0 Å². The molecule has 4 rings (SSSR count). The van der Waals surface area contributed by atoms with Crippen molar-refractivity contribution in [2.45, 2.75) is 13.0 Å². The van der Waals surface area contributed by atoms with E-state index < -0.39 is 0 Å². The molecule has 1 aliphatic rings. The van der Waals surface area contributed by atoms with Gasteiger partial charge in [0.1, 0.15) is 5.65 Å². The smallest absolute Gasteiger partial charge is 0.137 e. The SMILES string of the molecule is Brc1ccc2nc(-c3ccncc3)c(CN3CCCNCC3)n2c1. The van der Waals surface area contributed by atoms with Gasteiger partial charge in [0.15, 0.2) is 0 Å². The molecule has 3 aromatic rings. The van der Waals surface area contributed by atoms with Gasteiger partial charge in [-0.3, -0.25) is 9.88 Å². The van der Waals surface area contributed by atoms with E-state index in [1.807, 2.05) is 30.6 Å². The minimum atomic E-state index is 0.900. The van der Waals surface area contributed by atoms with E-state index in [-0.39, 0.29) is 0 Å². The summed E-state index contributed by atoms with van der Waals surface area (Å²) < 4.78 is 3.27. The maximum atomic E-state index is 4.89. The third-order valence-corrected chi connectivity index (χ3v) is 4.91. The first kappa shape index (κ1) is 15.7. The lowest BCUT2D eigenvalue weighted by Gasteiger charge is -2.20. The normalized spacial score (nSPS) is 16.4. The number of imidazole rings is 1. The van der Waals surface area contributed by atoms with Crippen molar-refractivity contribution in [2.24, 2.45) is 0 Å². The minimum absolute atomic E-state index is 0.900. The lowest BCUT2D eigenvalue weighted by molar-refractivity contribution is 0.281. The molecule has 5 nitrogen and oxygen atoms in total. The molecule has 1 saturated heterocycles. The van der Waals surface area contributed by atoms with E-state index in [1.165, 1.54) is 12.1 Å². The predicted octanol–water partition coefficient (Wildman–Crippen LogP) is 2.95. The molecule has 1 fully saturated rings. The zero-order valence-electron chi connectivity index (χ0n) is 13.5. The van der Waals surface area contributed by atoms with Crippen LogP contribution in [-0.2, 0) is 6.54 Å². The first-order valence-corrected chi connectivity index (χ1v) is 9.10. The molecule has 24 heavy (non-hydrogen) atoms. The Labute approximate surface area is 149 Å². The Kier molecular flexibility index (Phi) is 4.60. The van der Waals surface area contributed by atoms with E-state index in [9.17, 15) is 0 Å². The van der Waals surface area contributed by atoms with Gasteiger partial charge in [-0.05, 0) is 59.7 Å². The van der Waals surface area contributed by atoms with E-state index in [1.54, 1.807) is 0 Å². The van der Waals surface area contributed by atoms with Crippen LogP contribution in [0.15, 0.2) is 47.3 Å². The van der Waals surface area contributed by atoms with E-state index >= 15 is 0 Å². The van der Waals surface area contributed by atoms with Crippen LogP contribution in [0.25, 0.3) is 16.9 Å². The van der Waals surface area contributed by atoms with Crippen LogP contribution in [0.1, 0.15) is 12.1 Å². The van der Waals surface area contributed by atoms with Crippen LogP contribution in [0.5, 0.6) is 0 Å². The molecule has 4 heterocycles. The van der Waals surface area contributed by atoms with Gasteiger partial charge in [0.2, 0.25) is 0 Å². The third-order valence-electron chi connectivity index (χ3n) is 4.44. The topological polar surface area (TPSA) is 45.5 Å². The van der Waals surface area contributed by atoms with Crippen LogP contribution in [0.4, 0.5) is 0 Å². The van der Waals surface area contributed by atoms with Crippen LogP contribution in [0, 0.1) is 0 Å². The van der Waals surface area contributed by atoms with E-state index in [0.717, 1.165) is 54.1 Å². The van der Waals surface area contributed by atoms with Crippen molar-refractivity contribution in [1.29, 1.82) is 0 Å². The van der Waals surface area contributed by atoms with E-state index in [2.05, 4.69) is 47.8 Å². The van der Waals surface area contributed by atoms with Crippen molar-refractivity contribution in [3.05, 3.63) is 53.0 Å². The van der Waals surface area contributed by atoms with Crippen molar-refractivity contribution in [2.75, 3.05) is 26.2 Å². The summed E-state index contributed by atoms with van der Waals surface area (Å²) in [6, 6.07) is 8.16. The molecule has 0 aromatic carbocycles. The number of fused-ring (bicyclic) bond motifs is 1. The Morgan fingerprint density at radius 2 is 1.96 bits per heavy atom. The lowest BCUT2D eigenvalue weighted by atomic mass is 10.1. The van der Waals surface area contributed by atoms with Crippen molar-refractivity contribution in [3.8, 4) is 11.3 Å². The molecule has 0 unspecified atom stereocenters. The van der Waals surface area contributed by atoms with Crippen molar-refractivity contribution >= 4 is 21.6 Å². The van der Waals surface area contributed by atoms with E-state index in [0.29, 0.717) is 0 Å². The molecule has 124 valence electrons. The molecule has 0 spiro atoms. The van der Waals surface area contributed by atoms with Crippen LogP contribution >= 0.6 is 15.9 Å². The maximum Gasteiger partial charge on any atom is 0.137 e. The molecule has 3 aromatic heterocycles. The monoisotopic (exact) mass is 385 g/mol. The van der Waals surface area contributed by atoms with Gasteiger partial charge in [-0.15, -0.1) is 0 Å². The van der Waals surface area contributed by atoms with Crippen LogP contribution in [-0.4, -0.2) is 45.4 Å². The molecule has 6 heteroatoms. The summed E-state index contributed by atoms with van der Waals surface area (Å²) in [4.78, 5) is 11.5. The summed E-state index contributed by atoms with van der Waals surface area (Å²) >= 11 is 3.59. The van der Waals surface area contributed by atoms with Gasteiger partial charge in [-0.1, -0.05) is 0 Å². The van der Waals surface area contributed by atoms with Crippen LogP contribution in [0.2, 0.25) is 0 Å². The largest absolute Gasteiger partial charge is 0.315 e. The summed E-state index contributed by atoms with van der Waals surface area (Å²) in [7, 11) is 0. The highest BCUT2D eigenvalue weighted by molar-refractivity contribution is 9.10. The Balaban J connectivity index is 1.79. The van der Waals surface area contributed by atoms with Gasteiger partial charge in [0.25, 0.3) is 0 Å². The molecule has 0 radical (unpaired) electrons. The molecule has 0 bridgehead atoms. The second-order valence-electron chi connectivity index (χ2n) is 6.10. The Bertz CT molecular complexity index is 822. The fraction of sp³-hybridized carbons (Fsp3) is 0.333. The zero-order chi connectivity index (χ0) is 16.4. The highest BCUT2D eigenvalue weighted by Crippen LogP contribution is 2.26. The third kappa shape index (κ3) is 3.22. The minimum Gasteiger partial charge on any atom is -0.315 e. The zero-order valence-corrected chi connectivity index (χ0v) is 15.0. The summed E-state index contributed by atoms with van der Waals surface area (Å²) in [6.07, 6.45) is 6.95. The molecular formula is C18H20BrN5. The number of nitrogens with one attached hydrogen (secondary N) is 1. The Morgan fingerprint density at radius 3 is 2.83 bits per heavy atom. The molecule has 0 saturated carbocycles. The number of nitrogens with zero attached hydrogens (tertiary/aromatic N) is 4. The second kappa shape index (κ2) is 7.01. The fourth-order valence-corrected chi connectivity index (χ4v) is 3.57. The summed E-state index contributed by atoms with van der Waals surface area (Å²) in [5.41, 5.74) is 4.38. The van der Waals surface area contributed by atoms with E-state index in [4.69, 9.17) is 4.98 Å². The van der Waals surface area contributed by atoms with Crippen LogP contribution in [0.3, 0.4) is 0 Å². The lowest BCUT2D eigenvalue weighted by Crippen LogP contribution is -2.28. The molecule has 1 N–H and O–H groups in total.